The zero-order valence-electron chi connectivity index (χ0n) is 8.13. The SMILES string of the molecule is COc1ccc(C2OCCO2)c(F)c1Br. The second-order valence-electron chi connectivity index (χ2n) is 3.06. The minimum atomic E-state index is -0.604. The number of methoxy groups -OCH3 is 1. The number of ether oxygens (including phenoxy) is 3. The van der Waals surface area contributed by atoms with E-state index in [1.165, 1.54) is 7.11 Å². The van der Waals surface area contributed by atoms with Crippen molar-refractivity contribution in [2.45, 2.75) is 6.29 Å². The summed E-state index contributed by atoms with van der Waals surface area (Å²) < 4.78 is 29.5. The van der Waals surface area contributed by atoms with Gasteiger partial charge in [0, 0.05) is 5.56 Å². The molecule has 0 unspecified atom stereocenters. The van der Waals surface area contributed by atoms with Crippen molar-refractivity contribution in [2.24, 2.45) is 0 Å². The Morgan fingerprint density at radius 3 is 2.67 bits per heavy atom. The second kappa shape index (κ2) is 4.47. The average molecular weight is 277 g/mol. The molecule has 1 saturated heterocycles. The standard InChI is InChI=1S/C10H10BrFO3/c1-13-7-3-2-6(9(12)8(7)11)10-14-4-5-15-10/h2-3,10H,4-5H2,1H3. The van der Waals surface area contributed by atoms with Gasteiger partial charge in [-0.3, -0.25) is 0 Å². The lowest BCUT2D eigenvalue weighted by Crippen LogP contribution is -2.02. The first-order chi connectivity index (χ1) is 7.24. The first-order valence-electron chi connectivity index (χ1n) is 4.49. The van der Waals surface area contributed by atoms with Crippen molar-refractivity contribution in [2.75, 3.05) is 20.3 Å². The number of hydrogen-bond donors (Lipinski definition) is 0. The van der Waals surface area contributed by atoms with Crippen LogP contribution < -0.4 is 4.74 Å². The van der Waals surface area contributed by atoms with E-state index in [1.54, 1.807) is 12.1 Å². The van der Waals surface area contributed by atoms with Crippen LogP contribution in [-0.4, -0.2) is 20.3 Å². The van der Waals surface area contributed by atoms with E-state index in [2.05, 4.69) is 15.9 Å². The predicted octanol–water partition coefficient (Wildman–Crippen LogP) is 2.64. The lowest BCUT2D eigenvalue weighted by molar-refractivity contribution is -0.0465. The van der Waals surface area contributed by atoms with E-state index in [9.17, 15) is 4.39 Å². The second-order valence-corrected chi connectivity index (χ2v) is 3.85. The molecule has 3 nitrogen and oxygen atoms in total. The van der Waals surface area contributed by atoms with Crippen LogP contribution in [0.15, 0.2) is 16.6 Å². The molecule has 5 heteroatoms. The summed E-state index contributed by atoms with van der Waals surface area (Å²) in [5.74, 6) is 0.0514. The van der Waals surface area contributed by atoms with Gasteiger partial charge in [0.1, 0.15) is 11.6 Å². The van der Waals surface area contributed by atoms with Crippen LogP contribution in [0.3, 0.4) is 0 Å². The quantitative estimate of drug-likeness (QED) is 0.831. The minimum absolute atomic E-state index is 0.293. The summed E-state index contributed by atoms with van der Waals surface area (Å²) in [6, 6.07) is 3.28. The molecule has 1 aliphatic heterocycles. The van der Waals surface area contributed by atoms with Gasteiger partial charge < -0.3 is 14.2 Å². The van der Waals surface area contributed by atoms with E-state index in [0.717, 1.165) is 0 Å². The summed E-state index contributed by atoms with van der Waals surface area (Å²) in [5.41, 5.74) is 0.389. The van der Waals surface area contributed by atoms with Gasteiger partial charge in [-0.15, -0.1) is 0 Å². The molecule has 1 aromatic carbocycles. The highest BCUT2D eigenvalue weighted by atomic mass is 79.9. The third kappa shape index (κ3) is 2.00. The molecule has 0 aromatic heterocycles. The van der Waals surface area contributed by atoms with Crippen molar-refractivity contribution in [3.05, 3.63) is 28.0 Å². The van der Waals surface area contributed by atoms with Crippen LogP contribution in [0.5, 0.6) is 5.75 Å². The van der Waals surface area contributed by atoms with E-state index < -0.39 is 12.1 Å². The molecular formula is C10H10BrFO3. The maximum absolute atomic E-state index is 13.8. The molecule has 1 fully saturated rings. The lowest BCUT2D eigenvalue weighted by atomic mass is 10.2. The van der Waals surface area contributed by atoms with Gasteiger partial charge in [0.15, 0.2) is 6.29 Å². The van der Waals surface area contributed by atoms with Crippen molar-refractivity contribution in [1.29, 1.82) is 0 Å². The Morgan fingerprint density at radius 1 is 1.40 bits per heavy atom. The largest absolute Gasteiger partial charge is 0.495 e. The third-order valence-corrected chi connectivity index (χ3v) is 2.91. The highest BCUT2D eigenvalue weighted by molar-refractivity contribution is 9.10. The van der Waals surface area contributed by atoms with Gasteiger partial charge in [-0.05, 0) is 28.1 Å². The minimum Gasteiger partial charge on any atom is -0.495 e. The van der Waals surface area contributed by atoms with Crippen molar-refractivity contribution < 1.29 is 18.6 Å². The normalized spacial score (nSPS) is 17.0. The van der Waals surface area contributed by atoms with Crippen LogP contribution in [0.2, 0.25) is 0 Å². The summed E-state index contributed by atoms with van der Waals surface area (Å²) in [5, 5.41) is 0. The number of hydrogen-bond acceptors (Lipinski definition) is 3. The van der Waals surface area contributed by atoms with Crippen molar-refractivity contribution >= 4 is 15.9 Å². The van der Waals surface area contributed by atoms with E-state index in [1.807, 2.05) is 0 Å². The molecule has 0 radical (unpaired) electrons. The topological polar surface area (TPSA) is 27.7 Å². The number of benzene rings is 1. The Kier molecular flexibility index (Phi) is 3.23. The van der Waals surface area contributed by atoms with Crippen LogP contribution in [0, 0.1) is 5.82 Å². The molecule has 15 heavy (non-hydrogen) atoms. The molecule has 82 valence electrons. The van der Waals surface area contributed by atoms with Gasteiger partial charge in [0.25, 0.3) is 0 Å². The molecule has 0 atom stereocenters. The molecule has 0 amide bonds. The highest BCUT2D eigenvalue weighted by Gasteiger charge is 2.24. The third-order valence-electron chi connectivity index (χ3n) is 2.17. The molecule has 1 heterocycles. The van der Waals surface area contributed by atoms with Crippen LogP contribution in [0.1, 0.15) is 11.9 Å². The maximum Gasteiger partial charge on any atom is 0.186 e. The molecule has 1 aromatic rings. The molecule has 1 aliphatic rings. The zero-order valence-corrected chi connectivity index (χ0v) is 9.71. The van der Waals surface area contributed by atoms with Crippen molar-refractivity contribution in [1.82, 2.24) is 0 Å². The van der Waals surface area contributed by atoms with Crippen LogP contribution in [0.25, 0.3) is 0 Å². The van der Waals surface area contributed by atoms with E-state index in [0.29, 0.717) is 29.0 Å². The average Bonchev–Trinajstić information content (AvgIpc) is 2.75. The molecule has 0 spiro atoms. The Bertz CT molecular complexity index is 364. The van der Waals surface area contributed by atoms with Gasteiger partial charge in [-0.1, -0.05) is 0 Å². The molecule has 2 rings (SSSR count). The van der Waals surface area contributed by atoms with Crippen LogP contribution in [-0.2, 0) is 9.47 Å². The fourth-order valence-electron chi connectivity index (χ4n) is 1.42. The zero-order chi connectivity index (χ0) is 10.8. The van der Waals surface area contributed by atoms with E-state index in [-0.39, 0.29) is 0 Å². The van der Waals surface area contributed by atoms with E-state index >= 15 is 0 Å². The Labute approximate surface area is 95.3 Å². The monoisotopic (exact) mass is 276 g/mol. The number of halogens is 2. The van der Waals surface area contributed by atoms with Gasteiger partial charge in [0.2, 0.25) is 0 Å². The fraction of sp³-hybridized carbons (Fsp3) is 0.400. The van der Waals surface area contributed by atoms with Gasteiger partial charge in [0.05, 0.1) is 24.8 Å². The first-order valence-corrected chi connectivity index (χ1v) is 5.28. The van der Waals surface area contributed by atoms with Crippen molar-refractivity contribution in [3.8, 4) is 5.75 Å². The summed E-state index contributed by atoms with van der Waals surface area (Å²) in [7, 11) is 1.49. The van der Waals surface area contributed by atoms with Gasteiger partial charge in [-0.25, -0.2) is 4.39 Å². The molecule has 0 N–H and O–H groups in total. The summed E-state index contributed by atoms with van der Waals surface area (Å²) in [6.45, 7) is 0.988. The smallest absolute Gasteiger partial charge is 0.186 e. The summed E-state index contributed by atoms with van der Waals surface area (Å²) in [4.78, 5) is 0. The fourth-order valence-corrected chi connectivity index (χ4v) is 1.95. The van der Waals surface area contributed by atoms with Gasteiger partial charge >= 0.3 is 0 Å². The van der Waals surface area contributed by atoms with Crippen LogP contribution in [0.4, 0.5) is 4.39 Å². The van der Waals surface area contributed by atoms with Crippen LogP contribution >= 0.6 is 15.9 Å². The van der Waals surface area contributed by atoms with Gasteiger partial charge in [-0.2, -0.15) is 0 Å². The molecular weight excluding hydrogens is 267 g/mol. The Hall–Kier alpha value is -0.650. The first kappa shape index (κ1) is 10.9. The molecule has 0 bridgehead atoms. The summed E-state index contributed by atoms with van der Waals surface area (Å²) >= 11 is 3.13. The molecule has 0 aliphatic carbocycles. The number of rotatable bonds is 2. The lowest BCUT2D eigenvalue weighted by Gasteiger charge is -2.12. The predicted molar refractivity (Wildman–Crippen MR) is 55.3 cm³/mol. The van der Waals surface area contributed by atoms with Crippen molar-refractivity contribution in [3.63, 3.8) is 0 Å². The Balaban J connectivity index is 2.36. The molecule has 0 saturated carbocycles. The highest BCUT2D eigenvalue weighted by Crippen LogP contribution is 2.34. The maximum atomic E-state index is 13.8. The van der Waals surface area contributed by atoms with E-state index in [4.69, 9.17) is 14.2 Å². The summed E-state index contributed by atoms with van der Waals surface area (Å²) in [6.07, 6.45) is -0.604. The Morgan fingerprint density at radius 2 is 2.07 bits per heavy atom.